The van der Waals surface area contributed by atoms with Gasteiger partial charge in [0, 0.05) is 5.02 Å². The van der Waals surface area contributed by atoms with Crippen molar-refractivity contribution in [1.82, 2.24) is 5.32 Å². The van der Waals surface area contributed by atoms with Gasteiger partial charge in [-0.1, -0.05) is 18.5 Å². The molecule has 1 aliphatic carbocycles. The number of phenolic OH excluding ortho intramolecular Hbond substituents is 1. The number of amides is 1. The van der Waals surface area contributed by atoms with E-state index < -0.39 is 11.4 Å². The summed E-state index contributed by atoms with van der Waals surface area (Å²) in [6, 6.07) is 6.55. The predicted octanol–water partition coefficient (Wildman–Crippen LogP) is 3.25. The number of benzene rings is 1. The molecule has 0 unspecified atom stereocenters. The first-order valence-electron chi connectivity index (χ1n) is 6.68. The van der Waals surface area contributed by atoms with Crippen LogP contribution in [0.2, 0.25) is 5.02 Å². The summed E-state index contributed by atoms with van der Waals surface area (Å²) < 4.78 is 0. The Kier molecular flexibility index (Phi) is 4.20. The van der Waals surface area contributed by atoms with Crippen LogP contribution in [0.4, 0.5) is 0 Å². The van der Waals surface area contributed by atoms with Gasteiger partial charge in [-0.25, -0.2) is 0 Å². The number of carbonyl (C=O) groups excluding carboxylic acids is 1. The van der Waals surface area contributed by atoms with Crippen LogP contribution in [0, 0.1) is 17.2 Å². The van der Waals surface area contributed by atoms with Gasteiger partial charge < -0.3 is 10.4 Å². The maximum absolute atomic E-state index is 12.2. The zero-order valence-corrected chi connectivity index (χ0v) is 12.1. The molecule has 1 saturated carbocycles. The van der Waals surface area contributed by atoms with Crippen molar-refractivity contribution < 1.29 is 9.90 Å². The minimum Gasteiger partial charge on any atom is -0.507 e. The normalized spacial score (nSPS) is 25.8. The zero-order valence-electron chi connectivity index (χ0n) is 11.3. The maximum atomic E-state index is 12.2. The van der Waals surface area contributed by atoms with E-state index in [1.807, 2.05) is 0 Å². The average Bonchev–Trinajstić information content (AvgIpc) is 2.41. The predicted molar refractivity (Wildman–Crippen MR) is 76.6 cm³/mol. The van der Waals surface area contributed by atoms with E-state index in [2.05, 4.69) is 18.3 Å². The average molecular weight is 293 g/mol. The Morgan fingerprint density at radius 1 is 1.50 bits per heavy atom. The molecule has 0 aliphatic heterocycles. The molecule has 20 heavy (non-hydrogen) atoms. The Morgan fingerprint density at radius 2 is 2.15 bits per heavy atom. The molecule has 2 rings (SSSR count). The van der Waals surface area contributed by atoms with E-state index in [4.69, 9.17) is 11.6 Å². The quantitative estimate of drug-likeness (QED) is 0.879. The second-order valence-electron chi connectivity index (χ2n) is 5.49. The first-order chi connectivity index (χ1) is 9.46. The van der Waals surface area contributed by atoms with Gasteiger partial charge in [0.05, 0.1) is 11.6 Å². The first-order valence-corrected chi connectivity index (χ1v) is 7.06. The van der Waals surface area contributed by atoms with Crippen molar-refractivity contribution in [2.75, 3.05) is 0 Å². The van der Waals surface area contributed by atoms with Gasteiger partial charge in [0.15, 0.2) is 0 Å². The van der Waals surface area contributed by atoms with Gasteiger partial charge in [0.1, 0.15) is 11.3 Å². The Hall–Kier alpha value is -1.73. The van der Waals surface area contributed by atoms with Gasteiger partial charge in [-0.15, -0.1) is 0 Å². The molecule has 1 aliphatic rings. The highest BCUT2D eigenvalue weighted by atomic mass is 35.5. The fourth-order valence-electron chi connectivity index (χ4n) is 2.50. The van der Waals surface area contributed by atoms with Gasteiger partial charge in [-0.2, -0.15) is 5.26 Å². The maximum Gasteiger partial charge on any atom is 0.256 e. The molecular formula is C15H17ClN2O2. The molecule has 0 radical (unpaired) electrons. The van der Waals surface area contributed by atoms with Crippen LogP contribution in [0.5, 0.6) is 5.75 Å². The molecule has 1 aromatic rings. The molecule has 5 heteroatoms. The van der Waals surface area contributed by atoms with Gasteiger partial charge in [0.25, 0.3) is 5.91 Å². The number of aromatic hydroxyl groups is 1. The van der Waals surface area contributed by atoms with Crippen molar-refractivity contribution in [3.05, 3.63) is 28.8 Å². The van der Waals surface area contributed by atoms with Crippen LogP contribution < -0.4 is 5.32 Å². The molecule has 0 heterocycles. The molecule has 4 nitrogen and oxygen atoms in total. The number of carbonyl (C=O) groups is 1. The van der Waals surface area contributed by atoms with E-state index in [1.165, 1.54) is 18.2 Å². The fraction of sp³-hybridized carbons (Fsp3) is 0.467. The molecule has 0 atom stereocenters. The Labute approximate surface area is 123 Å². The lowest BCUT2D eigenvalue weighted by Crippen LogP contribution is -2.49. The van der Waals surface area contributed by atoms with E-state index in [0.717, 1.165) is 12.8 Å². The van der Waals surface area contributed by atoms with E-state index >= 15 is 0 Å². The Bertz CT molecular complexity index is 557. The summed E-state index contributed by atoms with van der Waals surface area (Å²) in [4.78, 5) is 12.2. The standard InChI is InChI=1S/C15H17ClN2O2/c1-10-4-6-15(9-17,7-5-10)18-14(20)12-3-2-11(16)8-13(12)19/h2-3,8,10,19H,4-7H2,1H3,(H,18,20). The second-order valence-corrected chi connectivity index (χ2v) is 5.93. The lowest BCUT2D eigenvalue weighted by Gasteiger charge is -2.34. The van der Waals surface area contributed by atoms with Crippen molar-refractivity contribution in [2.45, 2.75) is 38.1 Å². The van der Waals surface area contributed by atoms with E-state index in [9.17, 15) is 15.2 Å². The Balaban J connectivity index is 2.16. The fourth-order valence-corrected chi connectivity index (χ4v) is 2.67. The van der Waals surface area contributed by atoms with Gasteiger partial charge in [-0.3, -0.25) is 4.79 Å². The summed E-state index contributed by atoms with van der Waals surface area (Å²) in [5, 5.41) is 22.3. The topological polar surface area (TPSA) is 73.1 Å². The van der Waals surface area contributed by atoms with E-state index in [0.29, 0.717) is 23.8 Å². The number of nitriles is 1. The van der Waals surface area contributed by atoms with Gasteiger partial charge in [-0.05, 0) is 49.8 Å². The lowest BCUT2D eigenvalue weighted by molar-refractivity contribution is 0.0891. The van der Waals surface area contributed by atoms with Crippen molar-refractivity contribution in [2.24, 2.45) is 5.92 Å². The highest BCUT2D eigenvalue weighted by Crippen LogP contribution is 2.32. The number of halogens is 1. The summed E-state index contributed by atoms with van der Waals surface area (Å²) >= 11 is 5.74. The number of hydrogen-bond acceptors (Lipinski definition) is 3. The molecule has 0 spiro atoms. The SMILES string of the molecule is CC1CCC(C#N)(NC(=O)c2ccc(Cl)cc2O)CC1. The monoisotopic (exact) mass is 292 g/mol. The summed E-state index contributed by atoms with van der Waals surface area (Å²) in [5.74, 6) is -0.0279. The molecule has 0 bridgehead atoms. The molecule has 1 amide bonds. The molecular weight excluding hydrogens is 276 g/mol. The largest absolute Gasteiger partial charge is 0.507 e. The summed E-state index contributed by atoms with van der Waals surface area (Å²) in [7, 11) is 0. The van der Waals surface area contributed by atoms with Crippen LogP contribution in [0.1, 0.15) is 43.0 Å². The third-order valence-electron chi connectivity index (χ3n) is 3.90. The third-order valence-corrected chi connectivity index (χ3v) is 4.13. The molecule has 2 N–H and O–H groups in total. The summed E-state index contributed by atoms with van der Waals surface area (Å²) in [5.41, 5.74) is -0.682. The highest BCUT2D eigenvalue weighted by Gasteiger charge is 2.36. The number of phenols is 1. The highest BCUT2D eigenvalue weighted by molar-refractivity contribution is 6.30. The number of hydrogen-bond donors (Lipinski definition) is 2. The summed E-state index contributed by atoms with van der Waals surface area (Å²) in [6.45, 7) is 2.15. The van der Waals surface area contributed by atoms with Crippen molar-refractivity contribution in [1.29, 1.82) is 5.26 Å². The van der Waals surface area contributed by atoms with Crippen LogP contribution in [-0.4, -0.2) is 16.6 Å². The number of nitrogens with one attached hydrogen (secondary N) is 1. The van der Waals surface area contributed by atoms with Gasteiger partial charge >= 0.3 is 0 Å². The number of rotatable bonds is 2. The van der Waals surface area contributed by atoms with Crippen LogP contribution in [-0.2, 0) is 0 Å². The van der Waals surface area contributed by atoms with Crippen LogP contribution in [0.15, 0.2) is 18.2 Å². The van der Waals surface area contributed by atoms with Crippen molar-refractivity contribution in [3.63, 3.8) is 0 Å². The molecule has 0 saturated heterocycles. The Morgan fingerprint density at radius 3 is 2.70 bits per heavy atom. The van der Waals surface area contributed by atoms with Crippen molar-refractivity contribution in [3.8, 4) is 11.8 Å². The summed E-state index contributed by atoms with van der Waals surface area (Å²) in [6.07, 6.45) is 3.12. The van der Waals surface area contributed by atoms with Crippen molar-refractivity contribution >= 4 is 17.5 Å². The molecule has 1 fully saturated rings. The van der Waals surface area contributed by atoms with E-state index in [1.54, 1.807) is 0 Å². The van der Waals surface area contributed by atoms with Crippen LogP contribution in [0.25, 0.3) is 0 Å². The lowest BCUT2D eigenvalue weighted by atomic mass is 9.78. The minimum atomic E-state index is -0.824. The smallest absolute Gasteiger partial charge is 0.256 e. The van der Waals surface area contributed by atoms with Gasteiger partial charge in [0.2, 0.25) is 0 Å². The molecule has 106 valence electrons. The van der Waals surface area contributed by atoms with E-state index in [-0.39, 0.29) is 11.3 Å². The molecule has 0 aromatic heterocycles. The zero-order chi connectivity index (χ0) is 14.8. The first kappa shape index (κ1) is 14.7. The second kappa shape index (κ2) is 5.72. The third kappa shape index (κ3) is 3.05. The van der Waals surface area contributed by atoms with Crippen LogP contribution >= 0.6 is 11.6 Å². The van der Waals surface area contributed by atoms with Crippen LogP contribution in [0.3, 0.4) is 0 Å². The number of nitrogens with zero attached hydrogens (tertiary/aromatic N) is 1. The molecule has 1 aromatic carbocycles. The minimum absolute atomic E-state index is 0.141.